The summed E-state index contributed by atoms with van der Waals surface area (Å²) in [6.45, 7) is 5.00. The highest BCUT2D eigenvalue weighted by Gasteiger charge is 2.07. The zero-order chi connectivity index (χ0) is 13.4. The van der Waals surface area contributed by atoms with Gasteiger partial charge in [-0.2, -0.15) is 0 Å². The van der Waals surface area contributed by atoms with E-state index < -0.39 is 0 Å². The summed E-state index contributed by atoms with van der Waals surface area (Å²) in [5.74, 6) is 0.926. The number of nitrogens with zero attached hydrogens (tertiary/aromatic N) is 1. The number of methoxy groups -OCH3 is 1. The summed E-state index contributed by atoms with van der Waals surface area (Å²) in [5.41, 5.74) is 1.27. The van der Waals surface area contributed by atoms with Crippen molar-refractivity contribution in [3.8, 4) is 5.75 Å². The van der Waals surface area contributed by atoms with Crippen LogP contribution in [0.4, 0.5) is 0 Å². The maximum atomic E-state index is 9.06. The molecule has 3 nitrogen and oxygen atoms in total. The molecule has 0 aliphatic carbocycles. The number of hydrogen-bond donors (Lipinski definition) is 1. The molecule has 0 radical (unpaired) electrons. The van der Waals surface area contributed by atoms with Crippen LogP contribution >= 0.6 is 11.8 Å². The van der Waals surface area contributed by atoms with E-state index in [0.717, 1.165) is 36.7 Å². The zero-order valence-electron chi connectivity index (χ0n) is 11.5. The highest BCUT2D eigenvalue weighted by molar-refractivity contribution is 7.98. The molecule has 0 unspecified atom stereocenters. The van der Waals surface area contributed by atoms with Crippen molar-refractivity contribution in [2.75, 3.05) is 33.1 Å². The van der Waals surface area contributed by atoms with Crippen LogP contribution in [0.5, 0.6) is 5.75 Å². The first-order valence-corrected chi connectivity index (χ1v) is 7.51. The van der Waals surface area contributed by atoms with Crippen LogP contribution in [0.2, 0.25) is 0 Å². The lowest BCUT2D eigenvalue weighted by Gasteiger charge is -2.21. The summed E-state index contributed by atoms with van der Waals surface area (Å²) in [5, 5.41) is 9.06. The van der Waals surface area contributed by atoms with Gasteiger partial charge in [-0.3, -0.25) is 4.90 Å². The Hall–Kier alpha value is -0.710. The molecule has 0 aliphatic heterocycles. The Morgan fingerprint density at radius 2 is 2.11 bits per heavy atom. The van der Waals surface area contributed by atoms with Crippen LogP contribution in [-0.2, 0) is 6.54 Å². The average molecular weight is 269 g/mol. The Balaban J connectivity index is 2.76. The molecular weight excluding hydrogens is 246 g/mol. The van der Waals surface area contributed by atoms with Gasteiger partial charge in [-0.05, 0) is 36.9 Å². The van der Waals surface area contributed by atoms with E-state index in [-0.39, 0.29) is 6.61 Å². The fraction of sp³-hybridized carbons (Fsp3) is 0.571. The monoisotopic (exact) mass is 269 g/mol. The Labute approximate surface area is 114 Å². The third-order valence-electron chi connectivity index (χ3n) is 2.81. The molecular formula is C14H23NO2S. The van der Waals surface area contributed by atoms with Gasteiger partial charge in [0, 0.05) is 18.0 Å². The van der Waals surface area contributed by atoms with E-state index in [1.54, 1.807) is 18.9 Å². The van der Waals surface area contributed by atoms with Crippen LogP contribution < -0.4 is 4.74 Å². The second-order valence-corrected chi connectivity index (χ2v) is 5.04. The smallest absolute Gasteiger partial charge is 0.132 e. The van der Waals surface area contributed by atoms with Gasteiger partial charge in [0.15, 0.2) is 0 Å². The Kier molecular flexibility index (Phi) is 7.16. The predicted octanol–water partition coefficient (Wildman–Crippen LogP) is 2.62. The number of aliphatic hydroxyl groups is 1. The number of thioether (sulfide) groups is 1. The molecule has 1 aromatic carbocycles. The number of rotatable bonds is 8. The lowest BCUT2D eigenvalue weighted by Crippen LogP contribution is -2.27. The lowest BCUT2D eigenvalue weighted by atomic mass is 10.2. The summed E-state index contributed by atoms with van der Waals surface area (Å²) in [7, 11) is 1.70. The number of aliphatic hydroxyl groups excluding tert-OH is 1. The van der Waals surface area contributed by atoms with Crippen LogP contribution in [0.3, 0.4) is 0 Å². The minimum absolute atomic E-state index is 0.214. The third-order valence-corrected chi connectivity index (χ3v) is 3.57. The van der Waals surface area contributed by atoms with Gasteiger partial charge in [-0.15, -0.1) is 11.8 Å². The first-order valence-electron chi connectivity index (χ1n) is 6.29. The third kappa shape index (κ3) is 4.52. The molecule has 1 aromatic rings. The van der Waals surface area contributed by atoms with Crippen molar-refractivity contribution in [3.63, 3.8) is 0 Å². The summed E-state index contributed by atoms with van der Waals surface area (Å²) in [4.78, 5) is 3.43. The molecule has 18 heavy (non-hydrogen) atoms. The summed E-state index contributed by atoms with van der Waals surface area (Å²) in [6, 6.07) is 6.28. The molecule has 0 aromatic heterocycles. The molecule has 4 heteroatoms. The van der Waals surface area contributed by atoms with Gasteiger partial charge < -0.3 is 9.84 Å². The summed E-state index contributed by atoms with van der Waals surface area (Å²) in [6.07, 6.45) is 3.16. The molecule has 0 spiro atoms. The first kappa shape index (κ1) is 15.3. The van der Waals surface area contributed by atoms with Crippen LogP contribution in [0.15, 0.2) is 23.1 Å². The predicted molar refractivity (Wildman–Crippen MR) is 77.4 cm³/mol. The van der Waals surface area contributed by atoms with E-state index in [9.17, 15) is 0 Å². The number of benzene rings is 1. The maximum Gasteiger partial charge on any atom is 0.132 e. The Bertz CT molecular complexity index is 352. The molecule has 0 fully saturated rings. The lowest BCUT2D eigenvalue weighted by molar-refractivity contribution is 0.190. The first-order chi connectivity index (χ1) is 8.74. The standard InChI is InChI=1S/C14H23NO2S/c1-4-7-15(8-9-16)11-12-5-6-13(17-2)14(10-12)18-3/h5-6,10,16H,4,7-9,11H2,1-3H3. The van der Waals surface area contributed by atoms with Gasteiger partial charge in [0.2, 0.25) is 0 Å². The summed E-state index contributed by atoms with van der Waals surface area (Å²) < 4.78 is 5.32. The zero-order valence-corrected chi connectivity index (χ0v) is 12.3. The highest BCUT2D eigenvalue weighted by Crippen LogP contribution is 2.28. The summed E-state index contributed by atoms with van der Waals surface area (Å²) >= 11 is 1.70. The number of hydrogen-bond acceptors (Lipinski definition) is 4. The highest BCUT2D eigenvalue weighted by atomic mass is 32.2. The fourth-order valence-corrected chi connectivity index (χ4v) is 2.59. The molecule has 0 saturated heterocycles. The van der Waals surface area contributed by atoms with Crippen molar-refractivity contribution in [2.45, 2.75) is 24.8 Å². The molecule has 0 atom stereocenters. The molecule has 0 bridgehead atoms. The van der Waals surface area contributed by atoms with Crippen molar-refractivity contribution in [1.29, 1.82) is 0 Å². The van der Waals surface area contributed by atoms with Crippen molar-refractivity contribution < 1.29 is 9.84 Å². The molecule has 1 rings (SSSR count). The van der Waals surface area contributed by atoms with Crippen molar-refractivity contribution in [2.24, 2.45) is 0 Å². The topological polar surface area (TPSA) is 32.7 Å². The second-order valence-electron chi connectivity index (χ2n) is 4.19. The van der Waals surface area contributed by atoms with E-state index in [0.29, 0.717) is 0 Å². The van der Waals surface area contributed by atoms with Crippen molar-refractivity contribution in [1.82, 2.24) is 4.90 Å². The quantitative estimate of drug-likeness (QED) is 0.735. The Morgan fingerprint density at radius 1 is 1.33 bits per heavy atom. The van der Waals surface area contributed by atoms with Gasteiger partial charge in [0.25, 0.3) is 0 Å². The van der Waals surface area contributed by atoms with Crippen LogP contribution in [0, 0.1) is 0 Å². The van der Waals surface area contributed by atoms with Gasteiger partial charge >= 0.3 is 0 Å². The maximum absolute atomic E-state index is 9.06. The van der Waals surface area contributed by atoms with Crippen LogP contribution in [0.25, 0.3) is 0 Å². The van der Waals surface area contributed by atoms with E-state index >= 15 is 0 Å². The van der Waals surface area contributed by atoms with Crippen molar-refractivity contribution in [3.05, 3.63) is 23.8 Å². The molecule has 102 valence electrons. The van der Waals surface area contributed by atoms with E-state index in [2.05, 4.69) is 30.2 Å². The minimum Gasteiger partial charge on any atom is -0.496 e. The molecule has 0 aliphatic rings. The average Bonchev–Trinajstić information content (AvgIpc) is 2.39. The number of ether oxygens (including phenoxy) is 1. The molecule has 1 N–H and O–H groups in total. The molecule has 0 saturated carbocycles. The van der Waals surface area contributed by atoms with Crippen LogP contribution in [-0.4, -0.2) is 43.1 Å². The van der Waals surface area contributed by atoms with E-state index in [4.69, 9.17) is 9.84 Å². The second kappa shape index (κ2) is 8.40. The largest absolute Gasteiger partial charge is 0.496 e. The Morgan fingerprint density at radius 3 is 2.67 bits per heavy atom. The van der Waals surface area contributed by atoms with Crippen molar-refractivity contribution >= 4 is 11.8 Å². The van der Waals surface area contributed by atoms with Gasteiger partial charge in [-0.25, -0.2) is 0 Å². The van der Waals surface area contributed by atoms with Gasteiger partial charge in [0.05, 0.1) is 13.7 Å². The fourth-order valence-electron chi connectivity index (χ4n) is 1.96. The molecule has 0 amide bonds. The normalized spacial score (nSPS) is 10.9. The minimum atomic E-state index is 0.214. The van der Waals surface area contributed by atoms with E-state index in [1.807, 2.05) is 6.07 Å². The van der Waals surface area contributed by atoms with Gasteiger partial charge in [0.1, 0.15) is 5.75 Å². The SMILES string of the molecule is CCCN(CCO)Cc1ccc(OC)c(SC)c1. The van der Waals surface area contributed by atoms with Gasteiger partial charge in [-0.1, -0.05) is 13.0 Å². The van der Waals surface area contributed by atoms with Crippen LogP contribution in [0.1, 0.15) is 18.9 Å². The van der Waals surface area contributed by atoms with E-state index in [1.165, 1.54) is 5.56 Å². The molecule has 0 heterocycles.